The van der Waals surface area contributed by atoms with Crippen molar-refractivity contribution in [3.63, 3.8) is 0 Å². The SMILES string of the molecule is Cc1cc(C)c2c(c1)NN=NC2. The van der Waals surface area contributed by atoms with E-state index in [4.69, 9.17) is 0 Å². The summed E-state index contributed by atoms with van der Waals surface area (Å²) in [4.78, 5) is 0. The zero-order valence-corrected chi connectivity index (χ0v) is 7.26. The molecule has 0 fully saturated rings. The van der Waals surface area contributed by atoms with Gasteiger partial charge in [0.25, 0.3) is 0 Å². The van der Waals surface area contributed by atoms with Crippen LogP contribution >= 0.6 is 0 Å². The van der Waals surface area contributed by atoms with Crippen molar-refractivity contribution in [3.05, 3.63) is 28.8 Å². The van der Waals surface area contributed by atoms with Gasteiger partial charge in [-0.25, -0.2) is 0 Å². The molecule has 0 spiro atoms. The molecular formula is C9H11N3. The minimum Gasteiger partial charge on any atom is -0.260 e. The first-order valence-electron chi connectivity index (χ1n) is 4.00. The number of fused-ring (bicyclic) bond motifs is 1. The molecular weight excluding hydrogens is 150 g/mol. The lowest BCUT2D eigenvalue weighted by molar-refractivity contribution is 0.878. The van der Waals surface area contributed by atoms with E-state index in [1.165, 1.54) is 16.7 Å². The zero-order valence-electron chi connectivity index (χ0n) is 7.26. The Labute approximate surface area is 71.5 Å². The van der Waals surface area contributed by atoms with Crippen molar-refractivity contribution in [2.45, 2.75) is 20.4 Å². The quantitative estimate of drug-likeness (QED) is 0.623. The van der Waals surface area contributed by atoms with Crippen LogP contribution in [0.3, 0.4) is 0 Å². The van der Waals surface area contributed by atoms with Crippen LogP contribution in [0, 0.1) is 13.8 Å². The van der Waals surface area contributed by atoms with Gasteiger partial charge in [-0.1, -0.05) is 11.3 Å². The minimum absolute atomic E-state index is 0.703. The summed E-state index contributed by atoms with van der Waals surface area (Å²) < 4.78 is 0. The average Bonchev–Trinajstić information content (AvgIpc) is 2.04. The van der Waals surface area contributed by atoms with E-state index in [0.717, 1.165) is 5.69 Å². The van der Waals surface area contributed by atoms with Crippen LogP contribution in [0.15, 0.2) is 22.5 Å². The molecule has 0 atom stereocenters. The molecule has 0 saturated heterocycles. The molecule has 12 heavy (non-hydrogen) atoms. The van der Waals surface area contributed by atoms with Crippen LogP contribution in [-0.2, 0) is 6.54 Å². The molecule has 0 radical (unpaired) electrons. The number of anilines is 1. The Kier molecular flexibility index (Phi) is 1.57. The lowest BCUT2D eigenvalue weighted by atomic mass is 10.0. The molecule has 1 N–H and O–H groups in total. The largest absolute Gasteiger partial charge is 0.260 e. The van der Waals surface area contributed by atoms with Crippen LogP contribution in [0.4, 0.5) is 5.69 Å². The van der Waals surface area contributed by atoms with Crippen molar-refractivity contribution in [1.29, 1.82) is 0 Å². The summed E-state index contributed by atoms with van der Waals surface area (Å²) in [5.41, 5.74) is 7.81. The van der Waals surface area contributed by atoms with E-state index in [1.807, 2.05) is 0 Å². The van der Waals surface area contributed by atoms with Gasteiger partial charge in [0.2, 0.25) is 0 Å². The molecule has 1 aromatic carbocycles. The Morgan fingerprint density at radius 3 is 3.00 bits per heavy atom. The van der Waals surface area contributed by atoms with Crippen LogP contribution in [-0.4, -0.2) is 0 Å². The van der Waals surface area contributed by atoms with Gasteiger partial charge in [-0.05, 0) is 31.0 Å². The normalized spacial score (nSPS) is 13.8. The standard InChI is InChI=1S/C9H11N3/c1-6-3-7(2)8-5-10-12-11-9(8)4-6/h3-4H,5H2,1-2H3,(H,10,11). The summed E-state index contributed by atoms with van der Waals surface area (Å²) in [7, 11) is 0. The van der Waals surface area contributed by atoms with Gasteiger partial charge < -0.3 is 0 Å². The first kappa shape index (κ1) is 7.28. The Morgan fingerprint density at radius 2 is 2.17 bits per heavy atom. The summed E-state index contributed by atoms with van der Waals surface area (Å²) in [6, 6.07) is 4.27. The fourth-order valence-corrected chi connectivity index (χ4v) is 1.50. The fourth-order valence-electron chi connectivity index (χ4n) is 1.50. The Balaban J connectivity index is 2.57. The second-order valence-corrected chi connectivity index (χ2v) is 3.12. The number of rotatable bonds is 0. The van der Waals surface area contributed by atoms with Gasteiger partial charge in [-0.15, -0.1) is 0 Å². The zero-order chi connectivity index (χ0) is 8.55. The lowest BCUT2D eigenvalue weighted by Gasteiger charge is -2.13. The van der Waals surface area contributed by atoms with Crippen LogP contribution < -0.4 is 5.43 Å². The molecule has 62 valence electrons. The van der Waals surface area contributed by atoms with E-state index in [-0.39, 0.29) is 0 Å². The maximum Gasteiger partial charge on any atom is 0.0893 e. The molecule has 1 aliphatic rings. The minimum atomic E-state index is 0.703. The molecule has 1 aromatic rings. The van der Waals surface area contributed by atoms with Crippen molar-refractivity contribution in [1.82, 2.24) is 0 Å². The van der Waals surface area contributed by atoms with Crippen molar-refractivity contribution in [2.24, 2.45) is 10.3 Å². The van der Waals surface area contributed by atoms with Gasteiger partial charge in [-0.2, -0.15) is 5.11 Å². The van der Waals surface area contributed by atoms with Gasteiger partial charge in [0.15, 0.2) is 0 Å². The third-order valence-electron chi connectivity index (χ3n) is 2.09. The molecule has 2 rings (SSSR count). The van der Waals surface area contributed by atoms with Gasteiger partial charge in [0.1, 0.15) is 0 Å². The fraction of sp³-hybridized carbons (Fsp3) is 0.333. The van der Waals surface area contributed by atoms with Gasteiger partial charge in [0.05, 0.1) is 12.2 Å². The number of hydrogen-bond donors (Lipinski definition) is 1. The summed E-state index contributed by atoms with van der Waals surface area (Å²) in [5, 5.41) is 7.70. The number of nitrogens with one attached hydrogen (secondary N) is 1. The van der Waals surface area contributed by atoms with Gasteiger partial charge in [-0.3, -0.25) is 5.43 Å². The van der Waals surface area contributed by atoms with E-state index in [0.29, 0.717) is 6.54 Å². The summed E-state index contributed by atoms with van der Waals surface area (Å²) >= 11 is 0. The summed E-state index contributed by atoms with van der Waals surface area (Å²) in [6.45, 7) is 4.89. The van der Waals surface area contributed by atoms with Gasteiger partial charge >= 0.3 is 0 Å². The highest BCUT2D eigenvalue weighted by molar-refractivity contribution is 5.56. The Bertz CT molecular complexity index is 342. The van der Waals surface area contributed by atoms with Crippen LogP contribution in [0.1, 0.15) is 16.7 Å². The topological polar surface area (TPSA) is 36.8 Å². The number of hydrogen-bond acceptors (Lipinski definition) is 3. The average molecular weight is 161 g/mol. The predicted molar refractivity (Wildman–Crippen MR) is 48.1 cm³/mol. The number of aryl methyl sites for hydroxylation is 2. The second-order valence-electron chi connectivity index (χ2n) is 3.12. The molecule has 0 aliphatic carbocycles. The third kappa shape index (κ3) is 1.07. The van der Waals surface area contributed by atoms with E-state index in [9.17, 15) is 0 Å². The van der Waals surface area contributed by atoms with Crippen molar-refractivity contribution >= 4 is 5.69 Å². The monoisotopic (exact) mass is 161 g/mol. The van der Waals surface area contributed by atoms with E-state index >= 15 is 0 Å². The van der Waals surface area contributed by atoms with Crippen LogP contribution in [0.5, 0.6) is 0 Å². The Hall–Kier alpha value is -1.38. The molecule has 3 heteroatoms. The van der Waals surface area contributed by atoms with Crippen molar-refractivity contribution in [2.75, 3.05) is 5.43 Å². The predicted octanol–water partition coefficient (Wildman–Crippen LogP) is 2.60. The molecule has 1 aliphatic heterocycles. The lowest BCUT2D eigenvalue weighted by Crippen LogP contribution is -2.01. The van der Waals surface area contributed by atoms with Gasteiger partial charge in [0, 0.05) is 5.56 Å². The molecule has 0 amide bonds. The smallest absolute Gasteiger partial charge is 0.0893 e. The summed E-state index contributed by atoms with van der Waals surface area (Å²) in [6.07, 6.45) is 0. The molecule has 0 saturated carbocycles. The maximum atomic E-state index is 3.92. The van der Waals surface area contributed by atoms with E-state index in [2.05, 4.69) is 41.7 Å². The third-order valence-corrected chi connectivity index (χ3v) is 2.09. The molecule has 3 nitrogen and oxygen atoms in total. The second kappa shape index (κ2) is 2.59. The molecule has 0 bridgehead atoms. The first-order chi connectivity index (χ1) is 5.77. The first-order valence-corrected chi connectivity index (χ1v) is 4.00. The van der Waals surface area contributed by atoms with Crippen molar-refractivity contribution < 1.29 is 0 Å². The van der Waals surface area contributed by atoms with Crippen LogP contribution in [0.2, 0.25) is 0 Å². The van der Waals surface area contributed by atoms with E-state index in [1.54, 1.807) is 0 Å². The maximum absolute atomic E-state index is 3.92. The number of benzene rings is 1. The summed E-state index contributed by atoms with van der Waals surface area (Å²) in [5.74, 6) is 0. The van der Waals surface area contributed by atoms with Crippen LogP contribution in [0.25, 0.3) is 0 Å². The molecule has 1 heterocycles. The van der Waals surface area contributed by atoms with Crippen molar-refractivity contribution in [3.8, 4) is 0 Å². The Morgan fingerprint density at radius 1 is 1.33 bits per heavy atom. The number of nitrogens with zero attached hydrogens (tertiary/aromatic N) is 2. The molecule has 0 unspecified atom stereocenters. The highest BCUT2D eigenvalue weighted by atomic mass is 15.4. The highest BCUT2D eigenvalue weighted by Crippen LogP contribution is 2.25. The molecule has 0 aromatic heterocycles. The van der Waals surface area contributed by atoms with E-state index < -0.39 is 0 Å². The highest BCUT2D eigenvalue weighted by Gasteiger charge is 2.08.